The number of methoxy groups -OCH3 is 1. The van der Waals surface area contributed by atoms with Crippen LogP contribution in [0.3, 0.4) is 0 Å². The second-order valence-electron chi connectivity index (χ2n) is 9.52. The quantitative estimate of drug-likeness (QED) is 0.385. The van der Waals surface area contributed by atoms with E-state index in [2.05, 4.69) is 10.6 Å². The monoisotopic (exact) mass is 499 g/mol. The van der Waals surface area contributed by atoms with E-state index in [-0.39, 0.29) is 24.6 Å². The van der Waals surface area contributed by atoms with Crippen LogP contribution in [-0.2, 0) is 32.1 Å². The molecular formula is C25H30FN3O5Si. The molecule has 8 nitrogen and oxygen atoms in total. The fourth-order valence-corrected chi connectivity index (χ4v) is 5.24. The molecule has 0 spiro atoms. The molecule has 1 heterocycles. The lowest BCUT2D eigenvalue weighted by atomic mass is 9.96. The second kappa shape index (κ2) is 10.9. The summed E-state index contributed by atoms with van der Waals surface area (Å²) >= 11 is 0. The Balaban J connectivity index is 1.82. The number of carbonyl (C=O) groups is 4. The van der Waals surface area contributed by atoms with E-state index in [0.717, 1.165) is 10.5 Å². The third-order valence-electron chi connectivity index (χ3n) is 5.71. The van der Waals surface area contributed by atoms with E-state index in [1.165, 1.54) is 6.07 Å². The first kappa shape index (κ1) is 26.2. The minimum Gasteiger partial charge on any atom is -0.380 e. The van der Waals surface area contributed by atoms with Gasteiger partial charge in [0.15, 0.2) is 5.78 Å². The summed E-state index contributed by atoms with van der Waals surface area (Å²) in [6.45, 7) is 5.84. The smallest absolute Gasteiger partial charge is 0.325 e. The van der Waals surface area contributed by atoms with Crippen LogP contribution < -0.4 is 15.8 Å². The molecule has 1 saturated heterocycles. The zero-order chi connectivity index (χ0) is 25.8. The summed E-state index contributed by atoms with van der Waals surface area (Å²) in [5, 5.41) is 5.67. The largest absolute Gasteiger partial charge is 0.380 e. The zero-order valence-corrected chi connectivity index (χ0v) is 21.3. The van der Waals surface area contributed by atoms with Gasteiger partial charge in [0.1, 0.15) is 18.4 Å². The predicted octanol–water partition coefficient (Wildman–Crippen LogP) is 2.04. The first-order valence-electron chi connectivity index (χ1n) is 11.3. The van der Waals surface area contributed by atoms with Crippen molar-refractivity contribution in [2.75, 3.05) is 20.2 Å². The van der Waals surface area contributed by atoms with Gasteiger partial charge in [-0.2, -0.15) is 0 Å². The molecule has 1 fully saturated rings. The van der Waals surface area contributed by atoms with E-state index in [1.54, 1.807) is 43.5 Å². The third-order valence-corrected chi connectivity index (χ3v) is 7.73. The predicted molar refractivity (Wildman–Crippen MR) is 131 cm³/mol. The van der Waals surface area contributed by atoms with Crippen molar-refractivity contribution in [3.05, 3.63) is 65.0 Å². The van der Waals surface area contributed by atoms with Crippen LogP contribution in [0.2, 0.25) is 19.6 Å². The van der Waals surface area contributed by atoms with Crippen LogP contribution in [0.15, 0.2) is 42.5 Å². The molecule has 3 rings (SSSR count). The maximum atomic E-state index is 14.7. The molecule has 4 amide bonds. The van der Waals surface area contributed by atoms with Crippen LogP contribution >= 0.6 is 0 Å². The molecular weight excluding hydrogens is 469 g/mol. The van der Waals surface area contributed by atoms with E-state index < -0.39 is 38.5 Å². The summed E-state index contributed by atoms with van der Waals surface area (Å²) in [5.41, 5.74) is 1.91. The van der Waals surface area contributed by atoms with Gasteiger partial charge in [0.05, 0.1) is 21.2 Å². The molecule has 0 radical (unpaired) electrons. The summed E-state index contributed by atoms with van der Waals surface area (Å²) in [6, 6.07) is 10.1. The van der Waals surface area contributed by atoms with Crippen LogP contribution in [0, 0.1) is 5.82 Å². The number of hydrogen-bond acceptors (Lipinski definition) is 5. The summed E-state index contributed by atoms with van der Waals surface area (Å²) in [7, 11) is -0.298. The number of nitrogens with one attached hydrogen (secondary N) is 2. The number of ether oxygens (including phenoxy) is 1. The van der Waals surface area contributed by atoms with Crippen LogP contribution in [0.5, 0.6) is 0 Å². The van der Waals surface area contributed by atoms with Gasteiger partial charge in [0, 0.05) is 13.5 Å². The average Bonchev–Trinajstić information content (AvgIpc) is 3.09. The third kappa shape index (κ3) is 6.61. The highest BCUT2D eigenvalue weighted by molar-refractivity contribution is 6.88. The van der Waals surface area contributed by atoms with Gasteiger partial charge in [-0.25, -0.2) is 9.18 Å². The highest BCUT2D eigenvalue weighted by Crippen LogP contribution is 2.19. The van der Waals surface area contributed by atoms with Crippen molar-refractivity contribution in [1.29, 1.82) is 0 Å². The van der Waals surface area contributed by atoms with E-state index in [9.17, 15) is 23.6 Å². The molecule has 0 saturated carbocycles. The Morgan fingerprint density at radius 3 is 2.31 bits per heavy atom. The van der Waals surface area contributed by atoms with Gasteiger partial charge in [-0.1, -0.05) is 56.0 Å². The molecule has 1 aliphatic rings. The van der Waals surface area contributed by atoms with E-state index >= 15 is 0 Å². The van der Waals surface area contributed by atoms with Gasteiger partial charge in [0.2, 0.25) is 5.91 Å². The number of benzene rings is 2. The average molecular weight is 500 g/mol. The number of imide groups is 1. The maximum Gasteiger partial charge on any atom is 0.325 e. The van der Waals surface area contributed by atoms with Gasteiger partial charge in [-0.3, -0.25) is 19.3 Å². The lowest BCUT2D eigenvalue weighted by Gasteiger charge is -2.21. The van der Waals surface area contributed by atoms with Crippen LogP contribution in [-0.4, -0.2) is 56.8 Å². The molecule has 35 heavy (non-hydrogen) atoms. The summed E-state index contributed by atoms with van der Waals surface area (Å²) in [4.78, 5) is 50.4. The van der Waals surface area contributed by atoms with Gasteiger partial charge >= 0.3 is 6.03 Å². The lowest BCUT2D eigenvalue weighted by Crippen LogP contribution is -2.44. The van der Waals surface area contributed by atoms with Crippen LogP contribution in [0.1, 0.15) is 22.7 Å². The van der Waals surface area contributed by atoms with Crippen molar-refractivity contribution in [3.8, 4) is 0 Å². The number of halogens is 1. The summed E-state index contributed by atoms with van der Waals surface area (Å²) in [6.07, 6.45) is -0.100. The molecule has 0 unspecified atom stereocenters. The van der Waals surface area contributed by atoms with Crippen molar-refractivity contribution in [2.45, 2.75) is 38.7 Å². The Morgan fingerprint density at radius 2 is 1.77 bits per heavy atom. The number of ketones is 1. The second-order valence-corrected chi connectivity index (χ2v) is 14.6. The fourth-order valence-electron chi connectivity index (χ4n) is 3.87. The molecule has 0 aromatic heterocycles. The van der Waals surface area contributed by atoms with Crippen molar-refractivity contribution in [1.82, 2.24) is 15.5 Å². The molecule has 1 atom stereocenters. The normalized spacial score (nSPS) is 14.6. The molecule has 1 aliphatic heterocycles. The number of rotatable bonds is 10. The zero-order valence-electron chi connectivity index (χ0n) is 20.3. The Bertz CT molecular complexity index is 1110. The molecule has 186 valence electrons. The molecule has 2 aromatic rings. The number of Topliss-reactive ketones (excluding diaryl/α,β-unsaturated/α-hetero) is 1. The Hall–Kier alpha value is -3.37. The van der Waals surface area contributed by atoms with E-state index in [0.29, 0.717) is 22.9 Å². The molecule has 0 bridgehead atoms. The number of amides is 4. The summed E-state index contributed by atoms with van der Waals surface area (Å²) in [5.74, 6) is -1.86. The first-order chi connectivity index (χ1) is 16.5. The van der Waals surface area contributed by atoms with Crippen molar-refractivity contribution < 1.29 is 28.3 Å². The first-order valence-corrected chi connectivity index (χ1v) is 14.8. The highest BCUT2D eigenvalue weighted by Gasteiger charge is 2.32. The van der Waals surface area contributed by atoms with E-state index in [4.69, 9.17) is 4.74 Å². The number of hydrogen-bond donors (Lipinski definition) is 2. The fraction of sp³-hybridized carbons (Fsp3) is 0.360. The topological polar surface area (TPSA) is 105 Å². The number of nitrogens with zero attached hydrogens (tertiary/aromatic N) is 1. The van der Waals surface area contributed by atoms with Gasteiger partial charge in [-0.15, -0.1) is 0 Å². The highest BCUT2D eigenvalue weighted by atomic mass is 28.3. The standard InChI is InChI=1S/C25H30FN3O5Si/c1-34-15-16-5-8-18(9-6-16)24(28-22(31)14-29-23(32)13-27-25(29)33)20(30)12-17-7-10-21(19(26)11-17)35(2,3)4/h5-11,24H,12-15H2,1-4H3,(H,27,33)(H,28,31)/t24-/m1/s1. The Labute approximate surface area is 204 Å². The SMILES string of the molecule is COCc1ccc([C@@H](NC(=O)CN2C(=O)CNC2=O)C(=O)Cc2ccc([Si](C)(C)C)c(F)c2)cc1. The lowest BCUT2D eigenvalue weighted by molar-refractivity contribution is -0.132. The number of urea groups is 1. The molecule has 0 aliphatic carbocycles. The van der Waals surface area contributed by atoms with Gasteiger partial charge in [-0.05, 0) is 27.9 Å². The minimum absolute atomic E-state index is 0.100. The molecule has 10 heteroatoms. The molecule has 2 N–H and O–H groups in total. The van der Waals surface area contributed by atoms with Crippen molar-refractivity contribution >= 4 is 36.9 Å². The van der Waals surface area contributed by atoms with Crippen LogP contribution in [0.25, 0.3) is 0 Å². The van der Waals surface area contributed by atoms with Gasteiger partial charge in [0.25, 0.3) is 5.91 Å². The molecule has 2 aromatic carbocycles. The minimum atomic E-state index is -1.87. The number of carbonyl (C=O) groups excluding carboxylic acids is 4. The van der Waals surface area contributed by atoms with Gasteiger partial charge < -0.3 is 15.4 Å². The van der Waals surface area contributed by atoms with Crippen molar-refractivity contribution in [3.63, 3.8) is 0 Å². The van der Waals surface area contributed by atoms with E-state index in [1.807, 2.05) is 19.6 Å². The maximum absolute atomic E-state index is 14.7. The summed E-state index contributed by atoms with van der Waals surface area (Å²) < 4.78 is 19.8. The Kier molecular flexibility index (Phi) is 8.18. The van der Waals surface area contributed by atoms with Crippen LogP contribution in [0.4, 0.5) is 9.18 Å². The van der Waals surface area contributed by atoms with Crippen molar-refractivity contribution in [2.24, 2.45) is 0 Å². The Morgan fingerprint density at radius 1 is 1.11 bits per heavy atom.